The van der Waals surface area contributed by atoms with Gasteiger partial charge in [0, 0.05) is 17.7 Å². The van der Waals surface area contributed by atoms with Crippen molar-refractivity contribution in [2.75, 3.05) is 14.2 Å². The molecular formula is C17H21NO3. The van der Waals surface area contributed by atoms with Crippen LogP contribution >= 0.6 is 0 Å². The van der Waals surface area contributed by atoms with Gasteiger partial charge in [0.05, 0.1) is 14.2 Å². The lowest BCUT2D eigenvalue weighted by atomic mass is 10.1. The van der Waals surface area contributed by atoms with Crippen LogP contribution in [-0.2, 0) is 6.61 Å². The molecule has 0 aliphatic carbocycles. The zero-order chi connectivity index (χ0) is 15.2. The normalized spacial score (nSPS) is 11.8. The van der Waals surface area contributed by atoms with Crippen LogP contribution in [-0.4, -0.2) is 14.2 Å². The number of rotatable bonds is 6. The summed E-state index contributed by atoms with van der Waals surface area (Å²) in [4.78, 5) is 0. The molecule has 2 N–H and O–H groups in total. The van der Waals surface area contributed by atoms with E-state index in [1.54, 1.807) is 14.2 Å². The summed E-state index contributed by atoms with van der Waals surface area (Å²) in [5.41, 5.74) is 7.97. The summed E-state index contributed by atoms with van der Waals surface area (Å²) < 4.78 is 16.4. The summed E-state index contributed by atoms with van der Waals surface area (Å²) in [6.07, 6.45) is 0. The zero-order valence-electron chi connectivity index (χ0n) is 12.6. The fourth-order valence-corrected chi connectivity index (χ4v) is 2.07. The Kier molecular flexibility index (Phi) is 5.06. The highest BCUT2D eigenvalue weighted by Crippen LogP contribution is 2.29. The average molecular weight is 287 g/mol. The van der Waals surface area contributed by atoms with Crippen molar-refractivity contribution in [2.45, 2.75) is 19.6 Å². The van der Waals surface area contributed by atoms with Gasteiger partial charge in [0.15, 0.2) is 0 Å². The van der Waals surface area contributed by atoms with Crippen molar-refractivity contribution in [1.82, 2.24) is 0 Å². The number of benzene rings is 2. The second-order valence-corrected chi connectivity index (χ2v) is 4.83. The number of ether oxygens (including phenoxy) is 3. The Morgan fingerprint density at radius 3 is 2.38 bits per heavy atom. The molecule has 0 aromatic heterocycles. The van der Waals surface area contributed by atoms with Gasteiger partial charge in [-0.25, -0.2) is 0 Å². The minimum atomic E-state index is -0.101. The third-order valence-corrected chi connectivity index (χ3v) is 3.24. The van der Waals surface area contributed by atoms with Crippen LogP contribution in [0.5, 0.6) is 17.2 Å². The van der Waals surface area contributed by atoms with E-state index in [4.69, 9.17) is 19.9 Å². The van der Waals surface area contributed by atoms with E-state index in [0.717, 1.165) is 28.4 Å². The molecular weight excluding hydrogens is 266 g/mol. The SMILES string of the molecule is COc1cccc(COc2cc(OC)ccc2C(C)N)c1. The predicted octanol–water partition coefficient (Wildman–Crippen LogP) is 3.30. The van der Waals surface area contributed by atoms with Crippen molar-refractivity contribution in [1.29, 1.82) is 0 Å². The van der Waals surface area contributed by atoms with Crippen molar-refractivity contribution in [3.63, 3.8) is 0 Å². The molecule has 0 bridgehead atoms. The van der Waals surface area contributed by atoms with E-state index in [9.17, 15) is 0 Å². The maximum absolute atomic E-state index is 5.98. The Morgan fingerprint density at radius 2 is 1.71 bits per heavy atom. The minimum absolute atomic E-state index is 0.101. The lowest BCUT2D eigenvalue weighted by molar-refractivity contribution is 0.298. The molecule has 112 valence electrons. The molecule has 0 aliphatic rings. The predicted molar refractivity (Wildman–Crippen MR) is 82.9 cm³/mol. The number of hydrogen-bond acceptors (Lipinski definition) is 4. The quantitative estimate of drug-likeness (QED) is 0.885. The highest BCUT2D eigenvalue weighted by Gasteiger charge is 2.10. The van der Waals surface area contributed by atoms with Crippen molar-refractivity contribution in [2.24, 2.45) is 5.73 Å². The Hall–Kier alpha value is -2.20. The first-order chi connectivity index (χ1) is 10.1. The summed E-state index contributed by atoms with van der Waals surface area (Å²) >= 11 is 0. The molecule has 0 heterocycles. The van der Waals surface area contributed by atoms with E-state index in [-0.39, 0.29) is 6.04 Å². The molecule has 0 saturated heterocycles. The van der Waals surface area contributed by atoms with E-state index in [1.807, 2.05) is 49.4 Å². The molecule has 1 atom stereocenters. The Balaban J connectivity index is 2.17. The van der Waals surface area contributed by atoms with E-state index in [2.05, 4.69) is 0 Å². The van der Waals surface area contributed by atoms with Crippen LogP contribution < -0.4 is 19.9 Å². The highest BCUT2D eigenvalue weighted by atomic mass is 16.5. The standard InChI is InChI=1S/C17H21NO3/c1-12(18)16-8-7-15(20-3)10-17(16)21-11-13-5-4-6-14(9-13)19-2/h4-10,12H,11,18H2,1-3H3. The molecule has 0 aliphatic heterocycles. The van der Waals surface area contributed by atoms with Crippen LogP contribution in [0.3, 0.4) is 0 Å². The molecule has 2 rings (SSSR count). The van der Waals surface area contributed by atoms with Crippen LogP contribution in [0.2, 0.25) is 0 Å². The smallest absolute Gasteiger partial charge is 0.128 e. The van der Waals surface area contributed by atoms with Crippen molar-refractivity contribution in [3.05, 3.63) is 53.6 Å². The zero-order valence-corrected chi connectivity index (χ0v) is 12.6. The van der Waals surface area contributed by atoms with Crippen LogP contribution in [0.1, 0.15) is 24.1 Å². The third kappa shape index (κ3) is 3.89. The number of methoxy groups -OCH3 is 2. The minimum Gasteiger partial charge on any atom is -0.497 e. The molecule has 0 spiro atoms. The van der Waals surface area contributed by atoms with Gasteiger partial charge in [0.1, 0.15) is 23.9 Å². The molecule has 1 unspecified atom stereocenters. The molecule has 0 fully saturated rings. The van der Waals surface area contributed by atoms with Crippen LogP contribution in [0.15, 0.2) is 42.5 Å². The summed E-state index contributed by atoms with van der Waals surface area (Å²) in [7, 11) is 3.28. The number of nitrogens with two attached hydrogens (primary N) is 1. The van der Waals surface area contributed by atoms with Gasteiger partial charge in [0.25, 0.3) is 0 Å². The van der Waals surface area contributed by atoms with E-state index in [1.165, 1.54) is 0 Å². The second-order valence-electron chi connectivity index (χ2n) is 4.83. The second kappa shape index (κ2) is 6.99. The molecule has 2 aromatic carbocycles. The highest BCUT2D eigenvalue weighted by molar-refractivity contribution is 5.42. The van der Waals surface area contributed by atoms with Gasteiger partial charge in [-0.15, -0.1) is 0 Å². The van der Waals surface area contributed by atoms with Gasteiger partial charge in [-0.3, -0.25) is 0 Å². The van der Waals surface area contributed by atoms with Gasteiger partial charge in [-0.05, 0) is 30.7 Å². The molecule has 0 radical (unpaired) electrons. The largest absolute Gasteiger partial charge is 0.497 e. The van der Waals surface area contributed by atoms with Crippen LogP contribution in [0, 0.1) is 0 Å². The lowest BCUT2D eigenvalue weighted by Gasteiger charge is -2.15. The Morgan fingerprint density at radius 1 is 1.00 bits per heavy atom. The first-order valence-electron chi connectivity index (χ1n) is 6.83. The van der Waals surface area contributed by atoms with Crippen LogP contribution in [0.4, 0.5) is 0 Å². The van der Waals surface area contributed by atoms with Gasteiger partial charge in [-0.1, -0.05) is 18.2 Å². The first-order valence-corrected chi connectivity index (χ1v) is 6.83. The molecule has 0 saturated carbocycles. The summed E-state index contributed by atoms with van der Waals surface area (Å²) in [6, 6.07) is 13.4. The number of hydrogen-bond donors (Lipinski definition) is 1. The summed E-state index contributed by atoms with van der Waals surface area (Å²) in [5.74, 6) is 2.31. The van der Waals surface area contributed by atoms with Gasteiger partial charge < -0.3 is 19.9 Å². The topological polar surface area (TPSA) is 53.7 Å². The van der Waals surface area contributed by atoms with E-state index < -0.39 is 0 Å². The summed E-state index contributed by atoms with van der Waals surface area (Å²) in [6.45, 7) is 2.38. The van der Waals surface area contributed by atoms with Gasteiger partial charge >= 0.3 is 0 Å². The Labute approximate surface area is 125 Å². The van der Waals surface area contributed by atoms with Crippen molar-refractivity contribution < 1.29 is 14.2 Å². The molecule has 21 heavy (non-hydrogen) atoms. The van der Waals surface area contributed by atoms with Crippen molar-refractivity contribution in [3.8, 4) is 17.2 Å². The lowest BCUT2D eigenvalue weighted by Crippen LogP contribution is -2.08. The fraction of sp³-hybridized carbons (Fsp3) is 0.294. The first kappa shape index (κ1) is 15.2. The maximum atomic E-state index is 5.98. The maximum Gasteiger partial charge on any atom is 0.128 e. The van der Waals surface area contributed by atoms with E-state index in [0.29, 0.717) is 6.61 Å². The molecule has 2 aromatic rings. The average Bonchev–Trinajstić information content (AvgIpc) is 2.52. The monoisotopic (exact) mass is 287 g/mol. The fourth-order valence-electron chi connectivity index (χ4n) is 2.07. The van der Waals surface area contributed by atoms with Crippen LogP contribution in [0.25, 0.3) is 0 Å². The summed E-state index contributed by atoms with van der Waals surface area (Å²) in [5, 5.41) is 0. The third-order valence-electron chi connectivity index (χ3n) is 3.24. The van der Waals surface area contributed by atoms with E-state index >= 15 is 0 Å². The van der Waals surface area contributed by atoms with Gasteiger partial charge in [-0.2, -0.15) is 0 Å². The van der Waals surface area contributed by atoms with Gasteiger partial charge in [0.2, 0.25) is 0 Å². The van der Waals surface area contributed by atoms with Crippen molar-refractivity contribution >= 4 is 0 Å². The molecule has 0 amide bonds. The Bertz CT molecular complexity index is 596. The molecule has 4 heteroatoms. The molecule has 4 nitrogen and oxygen atoms in total.